The van der Waals surface area contributed by atoms with E-state index < -0.39 is 0 Å². The standard InChI is InChI=1S/C14H17BrN6/c15-10-3-4-11(17-6-10)13-18-14(20-19-13)21-7-9-2-1-5-16-12(9)8-21/h3-4,6,9,12,16H,1-2,5,7-8H2,(H,18,19,20). The molecular weight excluding hydrogens is 332 g/mol. The highest BCUT2D eigenvalue weighted by atomic mass is 79.9. The van der Waals surface area contributed by atoms with Crippen molar-refractivity contribution in [3.8, 4) is 11.5 Å². The minimum absolute atomic E-state index is 0.589. The van der Waals surface area contributed by atoms with Gasteiger partial charge >= 0.3 is 0 Å². The molecule has 2 unspecified atom stereocenters. The minimum Gasteiger partial charge on any atom is -0.338 e. The number of H-pyrrole nitrogens is 1. The van der Waals surface area contributed by atoms with Crippen LogP contribution in [0.1, 0.15) is 12.8 Å². The third kappa shape index (κ3) is 2.55. The van der Waals surface area contributed by atoms with Crippen molar-refractivity contribution >= 4 is 21.9 Å². The van der Waals surface area contributed by atoms with Crippen LogP contribution in [0.5, 0.6) is 0 Å². The molecule has 0 aliphatic carbocycles. The lowest BCUT2D eigenvalue weighted by Crippen LogP contribution is -2.40. The molecule has 4 rings (SSSR count). The molecule has 21 heavy (non-hydrogen) atoms. The second-order valence-electron chi connectivity index (χ2n) is 5.71. The number of halogens is 1. The molecule has 0 amide bonds. The third-order valence-corrected chi connectivity index (χ3v) is 4.79. The Morgan fingerprint density at radius 2 is 2.24 bits per heavy atom. The lowest BCUT2D eigenvalue weighted by molar-refractivity contribution is 0.340. The van der Waals surface area contributed by atoms with Gasteiger partial charge in [0.05, 0.1) is 0 Å². The van der Waals surface area contributed by atoms with E-state index >= 15 is 0 Å². The van der Waals surface area contributed by atoms with Crippen LogP contribution in [-0.2, 0) is 0 Å². The van der Waals surface area contributed by atoms with Gasteiger partial charge in [-0.25, -0.2) is 0 Å². The molecule has 2 aromatic rings. The number of anilines is 1. The average Bonchev–Trinajstić information content (AvgIpc) is 3.14. The van der Waals surface area contributed by atoms with E-state index in [2.05, 4.69) is 46.3 Å². The van der Waals surface area contributed by atoms with E-state index in [0.717, 1.165) is 47.5 Å². The van der Waals surface area contributed by atoms with Crippen LogP contribution in [0.4, 0.5) is 5.95 Å². The van der Waals surface area contributed by atoms with Gasteiger partial charge in [-0.05, 0) is 53.4 Å². The molecule has 0 bridgehead atoms. The largest absolute Gasteiger partial charge is 0.338 e. The van der Waals surface area contributed by atoms with Crippen LogP contribution in [-0.4, -0.2) is 45.8 Å². The Kier molecular flexibility index (Phi) is 3.39. The maximum absolute atomic E-state index is 4.60. The minimum atomic E-state index is 0.589. The van der Waals surface area contributed by atoms with Crippen LogP contribution in [0.25, 0.3) is 11.5 Å². The number of piperidine rings is 1. The normalized spacial score (nSPS) is 25.1. The number of fused-ring (bicyclic) bond motifs is 1. The van der Waals surface area contributed by atoms with Crippen molar-refractivity contribution in [3.05, 3.63) is 22.8 Å². The highest BCUT2D eigenvalue weighted by Gasteiger charge is 2.35. The average molecular weight is 349 g/mol. The third-order valence-electron chi connectivity index (χ3n) is 4.33. The number of nitrogens with one attached hydrogen (secondary N) is 2. The van der Waals surface area contributed by atoms with Gasteiger partial charge in [-0.3, -0.25) is 10.1 Å². The van der Waals surface area contributed by atoms with Crippen LogP contribution in [0.2, 0.25) is 0 Å². The van der Waals surface area contributed by atoms with E-state index in [1.54, 1.807) is 6.20 Å². The summed E-state index contributed by atoms with van der Waals surface area (Å²) >= 11 is 3.39. The lowest BCUT2D eigenvalue weighted by Gasteiger charge is -2.24. The van der Waals surface area contributed by atoms with Crippen LogP contribution in [0, 0.1) is 5.92 Å². The summed E-state index contributed by atoms with van der Waals surface area (Å²) in [7, 11) is 0. The molecule has 7 heteroatoms. The fourth-order valence-electron chi connectivity index (χ4n) is 3.23. The van der Waals surface area contributed by atoms with Gasteiger partial charge in [-0.1, -0.05) is 0 Å². The molecule has 110 valence electrons. The molecule has 2 fully saturated rings. The van der Waals surface area contributed by atoms with Crippen molar-refractivity contribution in [2.75, 3.05) is 24.5 Å². The first-order chi connectivity index (χ1) is 10.3. The smallest absolute Gasteiger partial charge is 0.245 e. The fourth-order valence-corrected chi connectivity index (χ4v) is 3.47. The molecule has 4 heterocycles. The number of rotatable bonds is 2. The highest BCUT2D eigenvalue weighted by Crippen LogP contribution is 2.28. The van der Waals surface area contributed by atoms with Gasteiger partial charge in [0, 0.05) is 29.8 Å². The summed E-state index contributed by atoms with van der Waals surface area (Å²) in [6, 6.07) is 4.48. The molecule has 0 saturated carbocycles. The fraction of sp³-hybridized carbons (Fsp3) is 0.500. The van der Waals surface area contributed by atoms with Gasteiger partial charge in [-0.2, -0.15) is 4.98 Å². The summed E-state index contributed by atoms with van der Waals surface area (Å²) in [4.78, 5) is 11.2. The molecule has 0 aromatic carbocycles. The molecule has 6 nitrogen and oxygen atoms in total. The van der Waals surface area contributed by atoms with Crippen molar-refractivity contribution in [2.45, 2.75) is 18.9 Å². The molecule has 2 aromatic heterocycles. The molecule has 2 aliphatic heterocycles. The Hall–Kier alpha value is -1.47. The Labute approximate surface area is 131 Å². The lowest BCUT2D eigenvalue weighted by atomic mass is 9.94. The van der Waals surface area contributed by atoms with Gasteiger partial charge in [0.1, 0.15) is 5.69 Å². The molecule has 2 atom stereocenters. The number of aromatic nitrogens is 4. The Bertz CT molecular complexity index is 611. The molecule has 2 aliphatic rings. The van der Waals surface area contributed by atoms with Gasteiger partial charge in [-0.15, -0.1) is 5.10 Å². The number of aromatic amines is 1. The molecule has 0 radical (unpaired) electrons. The maximum atomic E-state index is 4.60. The van der Waals surface area contributed by atoms with E-state index in [1.807, 2.05) is 12.1 Å². The van der Waals surface area contributed by atoms with E-state index in [9.17, 15) is 0 Å². The van der Waals surface area contributed by atoms with Crippen molar-refractivity contribution in [1.29, 1.82) is 0 Å². The highest BCUT2D eigenvalue weighted by molar-refractivity contribution is 9.10. The number of hydrogen-bond donors (Lipinski definition) is 2. The number of nitrogens with zero attached hydrogens (tertiary/aromatic N) is 4. The topological polar surface area (TPSA) is 69.7 Å². The summed E-state index contributed by atoms with van der Waals surface area (Å²) in [5.41, 5.74) is 0.812. The molecular formula is C14H17BrN6. The van der Waals surface area contributed by atoms with Crippen molar-refractivity contribution in [1.82, 2.24) is 25.5 Å². The summed E-state index contributed by atoms with van der Waals surface area (Å²) in [5.74, 6) is 2.23. The molecule has 0 spiro atoms. The zero-order valence-corrected chi connectivity index (χ0v) is 13.2. The first kappa shape index (κ1) is 13.2. The Morgan fingerprint density at radius 1 is 1.29 bits per heavy atom. The van der Waals surface area contributed by atoms with E-state index in [4.69, 9.17) is 0 Å². The Morgan fingerprint density at radius 3 is 3.05 bits per heavy atom. The summed E-state index contributed by atoms with van der Waals surface area (Å²) in [5, 5.41) is 11.0. The summed E-state index contributed by atoms with van der Waals surface area (Å²) < 4.78 is 0.959. The monoisotopic (exact) mass is 348 g/mol. The number of pyridine rings is 1. The van der Waals surface area contributed by atoms with E-state index in [1.165, 1.54) is 12.8 Å². The van der Waals surface area contributed by atoms with Gasteiger partial charge in [0.25, 0.3) is 0 Å². The first-order valence-electron chi connectivity index (χ1n) is 7.32. The summed E-state index contributed by atoms with van der Waals surface area (Å²) in [6.07, 6.45) is 4.35. The van der Waals surface area contributed by atoms with E-state index in [0.29, 0.717) is 6.04 Å². The SMILES string of the molecule is Brc1ccc(-c2nc(N3CC4CCCNC4C3)n[nH]2)nc1. The van der Waals surface area contributed by atoms with Crippen LogP contribution in [0.3, 0.4) is 0 Å². The zero-order valence-electron chi connectivity index (χ0n) is 11.6. The Balaban J connectivity index is 1.53. The van der Waals surface area contributed by atoms with Crippen LogP contribution < -0.4 is 10.2 Å². The van der Waals surface area contributed by atoms with Gasteiger partial charge in [0.2, 0.25) is 5.95 Å². The zero-order chi connectivity index (χ0) is 14.2. The molecule has 2 saturated heterocycles. The summed E-state index contributed by atoms with van der Waals surface area (Å²) in [6.45, 7) is 3.18. The van der Waals surface area contributed by atoms with Crippen LogP contribution in [0.15, 0.2) is 22.8 Å². The molecule has 2 N–H and O–H groups in total. The first-order valence-corrected chi connectivity index (χ1v) is 8.11. The van der Waals surface area contributed by atoms with Gasteiger partial charge < -0.3 is 10.2 Å². The number of hydrogen-bond acceptors (Lipinski definition) is 5. The maximum Gasteiger partial charge on any atom is 0.245 e. The van der Waals surface area contributed by atoms with Gasteiger partial charge in [0.15, 0.2) is 5.82 Å². The quantitative estimate of drug-likeness (QED) is 0.866. The van der Waals surface area contributed by atoms with Crippen LogP contribution >= 0.6 is 15.9 Å². The predicted molar refractivity (Wildman–Crippen MR) is 84.0 cm³/mol. The predicted octanol–water partition coefficient (Wildman–Crippen LogP) is 1.82. The van der Waals surface area contributed by atoms with Crippen molar-refractivity contribution in [2.24, 2.45) is 5.92 Å². The van der Waals surface area contributed by atoms with E-state index in [-0.39, 0.29) is 0 Å². The van der Waals surface area contributed by atoms with Crippen molar-refractivity contribution < 1.29 is 0 Å². The second kappa shape index (κ2) is 5.38. The second-order valence-corrected chi connectivity index (χ2v) is 6.63. The van der Waals surface area contributed by atoms with Crippen molar-refractivity contribution in [3.63, 3.8) is 0 Å².